The maximum absolute atomic E-state index is 12.7. The number of carbonyl (C=O) groups is 2. The van der Waals surface area contributed by atoms with E-state index in [4.69, 9.17) is 0 Å². The van der Waals surface area contributed by atoms with E-state index < -0.39 is 23.6 Å². The van der Waals surface area contributed by atoms with Gasteiger partial charge in [-0.1, -0.05) is 6.07 Å². The molecule has 2 amide bonds. The largest absolute Gasteiger partial charge is 0.416 e. The number of benzene rings is 1. The third-order valence-electron chi connectivity index (χ3n) is 4.85. The Morgan fingerprint density at radius 3 is 2.66 bits per heavy atom. The Balaban J connectivity index is 1.47. The SMILES string of the molecule is Cc1sc2ncn(CC(=O)NCCCC(=O)Nc3cccc(C(F)(F)F)c3)c(=O)c2c1C. The summed E-state index contributed by atoms with van der Waals surface area (Å²) >= 11 is 1.42. The van der Waals surface area contributed by atoms with Crippen LogP contribution in [0.15, 0.2) is 35.4 Å². The molecule has 0 saturated heterocycles. The Kier molecular flexibility index (Phi) is 6.97. The summed E-state index contributed by atoms with van der Waals surface area (Å²) in [6.45, 7) is 3.72. The molecule has 3 rings (SSSR count). The highest BCUT2D eigenvalue weighted by Crippen LogP contribution is 2.30. The van der Waals surface area contributed by atoms with E-state index >= 15 is 0 Å². The van der Waals surface area contributed by atoms with Gasteiger partial charge < -0.3 is 10.6 Å². The van der Waals surface area contributed by atoms with Crippen LogP contribution in [0.25, 0.3) is 10.2 Å². The van der Waals surface area contributed by atoms with Crippen molar-refractivity contribution in [3.05, 3.63) is 57.0 Å². The minimum absolute atomic E-state index is 0.0113. The normalized spacial score (nSPS) is 11.5. The number of thiophene rings is 1. The van der Waals surface area contributed by atoms with E-state index in [0.717, 1.165) is 22.6 Å². The number of fused-ring (bicyclic) bond motifs is 1. The first-order chi connectivity index (χ1) is 15.1. The van der Waals surface area contributed by atoms with Gasteiger partial charge in [0.2, 0.25) is 11.8 Å². The van der Waals surface area contributed by atoms with Crippen LogP contribution < -0.4 is 16.2 Å². The predicted molar refractivity (Wildman–Crippen MR) is 116 cm³/mol. The van der Waals surface area contributed by atoms with Crippen molar-refractivity contribution in [3.8, 4) is 0 Å². The van der Waals surface area contributed by atoms with Crippen molar-refractivity contribution < 1.29 is 22.8 Å². The standard InChI is InChI=1S/C21H21F3N4O3S/c1-12-13(2)32-19-18(12)20(31)28(11-26-19)10-17(30)25-8-4-7-16(29)27-15-6-3-5-14(9-15)21(22,23)24/h3,5-6,9,11H,4,7-8,10H2,1-2H3,(H,25,30)(H,27,29). The van der Waals surface area contributed by atoms with E-state index in [0.29, 0.717) is 10.2 Å². The topological polar surface area (TPSA) is 93.1 Å². The lowest BCUT2D eigenvalue weighted by Crippen LogP contribution is -2.33. The second-order valence-corrected chi connectivity index (χ2v) is 8.42. The average Bonchev–Trinajstić information content (AvgIpc) is 3.01. The van der Waals surface area contributed by atoms with Crippen LogP contribution in [0, 0.1) is 13.8 Å². The van der Waals surface area contributed by atoms with Crippen LogP contribution >= 0.6 is 11.3 Å². The first-order valence-corrected chi connectivity index (χ1v) is 10.6. The van der Waals surface area contributed by atoms with E-state index in [2.05, 4.69) is 15.6 Å². The van der Waals surface area contributed by atoms with Crippen LogP contribution in [0.1, 0.15) is 28.8 Å². The molecular weight excluding hydrogens is 445 g/mol. The van der Waals surface area contributed by atoms with Crippen molar-refractivity contribution in [2.45, 2.75) is 39.4 Å². The van der Waals surface area contributed by atoms with Crippen molar-refractivity contribution >= 4 is 39.1 Å². The molecule has 11 heteroatoms. The Morgan fingerprint density at radius 1 is 1.19 bits per heavy atom. The number of aryl methyl sites for hydroxylation is 2. The average molecular weight is 466 g/mol. The summed E-state index contributed by atoms with van der Waals surface area (Å²) in [5, 5.41) is 5.54. The quantitative estimate of drug-likeness (QED) is 0.520. The van der Waals surface area contributed by atoms with Gasteiger partial charge >= 0.3 is 6.18 Å². The Morgan fingerprint density at radius 2 is 1.94 bits per heavy atom. The molecule has 0 aliphatic heterocycles. The van der Waals surface area contributed by atoms with Crippen LogP contribution in [0.3, 0.4) is 0 Å². The zero-order valence-electron chi connectivity index (χ0n) is 17.4. The first-order valence-electron chi connectivity index (χ1n) is 9.75. The molecule has 3 aromatic rings. The Labute approximate surface area is 185 Å². The van der Waals surface area contributed by atoms with Gasteiger partial charge in [-0.15, -0.1) is 11.3 Å². The molecule has 0 spiro atoms. The number of aromatic nitrogens is 2. The first kappa shape index (κ1) is 23.5. The molecule has 0 saturated carbocycles. The van der Waals surface area contributed by atoms with Gasteiger partial charge in [0.1, 0.15) is 11.4 Å². The lowest BCUT2D eigenvalue weighted by atomic mass is 10.2. The molecule has 0 aliphatic rings. The maximum atomic E-state index is 12.7. The molecule has 0 fully saturated rings. The van der Waals surface area contributed by atoms with Gasteiger partial charge in [0, 0.05) is 23.5 Å². The summed E-state index contributed by atoms with van der Waals surface area (Å²) in [6, 6.07) is 4.36. The van der Waals surface area contributed by atoms with Crippen molar-refractivity contribution in [1.82, 2.24) is 14.9 Å². The molecular formula is C21H21F3N4O3S. The molecule has 0 aliphatic carbocycles. The van der Waals surface area contributed by atoms with Gasteiger partial charge in [-0.3, -0.25) is 19.0 Å². The van der Waals surface area contributed by atoms with Crippen molar-refractivity contribution in [2.24, 2.45) is 0 Å². The second-order valence-electron chi connectivity index (χ2n) is 7.22. The number of halogens is 3. The smallest absolute Gasteiger partial charge is 0.355 e. The summed E-state index contributed by atoms with van der Waals surface area (Å²) in [7, 11) is 0. The number of hydrogen-bond acceptors (Lipinski definition) is 5. The fourth-order valence-corrected chi connectivity index (χ4v) is 4.05. The summed E-state index contributed by atoms with van der Waals surface area (Å²) in [5.41, 5.74) is -0.232. The third kappa shape index (κ3) is 5.52. The van der Waals surface area contributed by atoms with Crippen LogP contribution in [0.2, 0.25) is 0 Å². The number of alkyl halides is 3. The zero-order chi connectivity index (χ0) is 23.5. The van der Waals surface area contributed by atoms with Crippen LogP contribution in [-0.2, 0) is 22.3 Å². The number of hydrogen-bond donors (Lipinski definition) is 2. The highest BCUT2D eigenvalue weighted by atomic mass is 32.1. The second kappa shape index (κ2) is 9.51. The number of carbonyl (C=O) groups excluding carboxylic acids is 2. The summed E-state index contributed by atoms with van der Waals surface area (Å²) in [4.78, 5) is 42.6. The van der Waals surface area contributed by atoms with Gasteiger partial charge in [0.05, 0.1) is 17.3 Å². The molecule has 2 N–H and O–H groups in total. The minimum Gasteiger partial charge on any atom is -0.355 e. The number of nitrogens with one attached hydrogen (secondary N) is 2. The van der Waals surface area contributed by atoms with Gasteiger partial charge in [-0.05, 0) is 44.0 Å². The van der Waals surface area contributed by atoms with Crippen molar-refractivity contribution in [1.29, 1.82) is 0 Å². The number of nitrogens with zero attached hydrogens (tertiary/aromatic N) is 2. The van der Waals surface area contributed by atoms with Gasteiger partial charge in [0.15, 0.2) is 0 Å². The monoisotopic (exact) mass is 466 g/mol. The highest BCUT2D eigenvalue weighted by molar-refractivity contribution is 7.18. The van der Waals surface area contributed by atoms with Crippen LogP contribution in [0.4, 0.5) is 18.9 Å². The number of anilines is 1. The highest BCUT2D eigenvalue weighted by Gasteiger charge is 2.30. The number of rotatable bonds is 7. The molecule has 32 heavy (non-hydrogen) atoms. The molecule has 2 heterocycles. The number of amides is 2. The predicted octanol–water partition coefficient (Wildman–Crippen LogP) is 3.63. The molecule has 2 aromatic heterocycles. The Bertz CT molecular complexity index is 1220. The van der Waals surface area contributed by atoms with E-state index in [1.807, 2.05) is 13.8 Å². The minimum atomic E-state index is -4.49. The maximum Gasteiger partial charge on any atom is 0.416 e. The Hall–Kier alpha value is -3.21. The lowest BCUT2D eigenvalue weighted by Gasteiger charge is -2.10. The van der Waals surface area contributed by atoms with Gasteiger partial charge in [-0.25, -0.2) is 4.98 Å². The summed E-state index contributed by atoms with van der Waals surface area (Å²) < 4.78 is 39.4. The molecule has 170 valence electrons. The van der Waals surface area contributed by atoms with E-state index in [-0.39, 0.29) is 37.2 Å². The fourth-order valence-electron chi connectivity index (χ4n) is 3.07. The summed E-state index contributed by atoms with van der Waals surface area (Å²) in [5.74, 6) is -0.871. The zero-order valence-corrected chi connectivity index (χ0v) is 18.2. The van der Waals surface area contributed by atoms with Gasteiger partial charge in [-0.2, -0.15) is 13.2 Å². The van der Waals surface area contributed by atoms with E-state index in [9.17, 15) is 27.6 Å². The summed E-state index contributed by atoms with van der Waals surface area (Å²) in [6.07, 6.45) is -2.86. The lowest BCUT2D eigenvalue weighted by molar-refractivity contribution is -0.137. The fraction of sp³-hybridized carbons (Fsp3) is 0.333. The molecule has 0 atom stereocenters. The molecule has 0 bridgehead atoms. The molecule has 7 nitrogen and oxygen atoms in total. The third-order valence-corrected chi connectivity index (χ3v) is 5.96. The van der Waals surface area contributed by atoms with Crippen molar-refractivity contribution in [3.63, 3.8) is 0 Å². The van der Waals surface area contributed by atoms with E-state index in [1.165, 1.54) is 34.4 Å². The molecule has 1 aromatic carbocycles. The van der Waals surface area contributed by atoms with Crippen molar-refractivity contribution in [2.75, 3.05) is 11.9 Å². The van der Waals surface area contributed by atoms with Crippen LogP contribution in [0.5, 0.6) is 0 Å². The van der Waals surface area contributed by atoms with E-state index in [1.54, 1.807) is 0 Å². The van der Waals surface area contributed by atoms with Gasteiger partial charge in [0.25, 0.3) is 5.56 Å². The molecule has 0 unspecified atom stereocenters. The van der Waals surface area contributed by atoms with Crippen LogP contribution in [-0.4, -0.2) is 27.9 Å². The molecule has 0 radical (unpaired) electrons.